The summed E-state index contributed by atoms with van der Waals surface area (Å²) in [5, 5.41) is 0. The van der Waals surface area contributed by atoms with Gasteiger partial charge >= 0.3 is 12.1 Å². The number of esters is 1. The van der Waals surface area contributed by atoms with E-state index in [9.17, 15) is 14.0 Å². The van der Waals surface area contributed by atoms with Crippen molar-refractivity contribution in [1.82, 2.24) is 4.90 Å². The Balaban J connectivity index is 2.02. The molecule has 0 aromatic rings. The minimum absolute atomic E-state index is 0.0196. The molecule has 2 aliphatic heterocycles. The normalized spacial score (nSPS) is 29.1. The topological polar surface area (TPSA) is 55.8 Å². The number of cyclic esters (lactones) is 1. The van der Waals surface area contributed by atoms with E-state index in [1.807, 2.05) is 22.6 Å². The van der Waals surface area contributed by atoms with E-state index >= 15 is 0 Å². The molecule has 7 heteroatoms. The molecule has 2 rings (SSSR count). The highest BCUT2D eigenvalue weighted by molar-refractivity contribution is 14.1. The predicted octanol–water partition coefficient (Wildman–Crippen LogP) is 2.27. The molecule has 0 bridgehead atoms. The van der Waals surface area contributed by atoms with Crippen LogP contribution in [0.25, 0.3) is 0 Å². The first kappa shape index (κ1) is 14.8. The fourth-order valence-corrected chi connectivity index (χ4v) is 3.35. The molecule has 2 fully saturated rings. The molecule has 0 aromatic heterocycles. The second-order valence-electron chi connectivity index (χ2n) is 6.13. The van der Waals surface area contributed by atoms with Gasteiger partial charge in [0.25, 0.3) is 5.85 Å². The molecule has 2 heterocycles. The van der Waals surface area contributed by atoms with E-state index in [1.165, 1.54) is 4.90 Å². The number of carbonyl (C=O) groups is 2. The molecule has 0 radical (unpaired) electrons. The Bertz CT molecular complexity index is 416. The molecule has 2 aliphatic rings. The first-order chi connectivity index (χ1) is 8.61. The van der Waals surface area contributed by atoms with Crippen molar-refractivity contribution in [3.05, 3.63) is 0 Å². The lowest BCUT2D eigenvalue weighted by Crippen LogP contribution is -2.66. The van der Waals surface area contributed by atoms with Gasteiger partial charge in [-0.25, -0.2) is 4.79 Å². The number of hydrogen-bond acceptors (Lipinski definition) is 4. The Labute approximate surface area is 124 Å². The summed E-state index contributed by atoms with van der Waals surface area (Å²) in [4.78, 5) is 24.6. The summed E-state index contributed by atoms with van der Waals surface area (Å²) >= 11 is 1.86. The molecule has 108 valence electrons. The van der Waals surface area contributed by atoms with Crippen LogP contribution in [-0.4, -0.2) is 45.9 Å². The predicted molar refractivity (Wildman–Crippen MR) is 73.7 cm³/mol. The summed E-state index contributed by atoms with van der Waals surface area (Å²) < 4.78 is 24.6. The summed E-state index contributed by atoms with van der Waals surface area (Å²) in [6.07, 6.45) is -0.459. The maximum Gasteiger partial charge on any atom is 0.410 e. The molecule has 5 nitrogen and oxygen atoms in total. The number of hydrogen-bond donors (Lipinski definition) is 0. The van der Waals surface area contributed by atoms with Crippen molar-refractivity contribution in [2.24, 2.45) is 5.41 Å². The molecular weight excluding hydrogens is 368 g/mol. The lowest BCUT2D eigenvalue weighted by molar-refractivity contribution is -0.194. The number of ether oxygens (including phenoxy) is 2. The Hall–Kier alpha value is -0.600. The maximum absolute atomic E-state index is 14.5. The van der Waals surface area contributed by atoms with Crippen molar-refractivity contribution in [1.29, 1.82) is 0 Å². The standard InChI is InChI=1S/C12H17FINO4/c1-10(2,3)19-9(17)15-6-11(7-15)4-8(16)18-12(11,13)5-14/h4-7H2,1-3H3. The van der Waals surface area contributed by atoms with E-state index in [0.29, 0.717) is 0 Å². The van der Waals surface area contributed by atoms with Crippen LogP contribution in [0.3, 0.4) is 0 Å². The van der Waals surface area contributed by atoms with Gasteiger partial charge in [-0.3, -0.25) is 4.79 Å². The molecule has 1 amide bonds. The molecule has 2 saturated heterocycles. The van der Waals surface area contributed by atoms with Crippen LogP contribution in [0, 0.1) is 5.41 Å². The number of alkyl halides is 2. The van der Waals surface area contributed by atoms with Gasteiger partial charge in [0, 0.05) is 13.1 Å². The zero-order chi connectivity index (χ0) is 14.5. The summed E-state index contributed by atoms with van der Waals surface area (Å²) in [7, 11) is 0. The molecule has 1 spiro atoms. The maximum atomic E-state index is 14.5. The van der Waals surface area contributed by atoms with Crippen molar-refractivity contribution >= 4 is 34.7 Å². The van der Waals surface area contributed by atoms with Crippen LogP contribution in [0.4, 0.5) is 9.18 Å². The molecule has 0 aliphatic carbocycles. The van der Waals surface area contributed by atoms with Gasteiger partial charge in [-0.15, -0.1) is 0 Å². The zero-order valence-corrected chi connectivity index (χ0v) is 13.3. The monoisotopic (exact) mass is 385 g/mol. The van der Waals surface area contributed by atoms with E-state index in [0.717, 1.165) is 0 Å². The first-order valence-corrected chi connectivity index (χ1v) is 7.58. The highest BCUT2D eigenvalue weighted by atomic mass is 127. The molecule has 0 saturated carbocycles. The minimum atomic E-state index is -1.97. The van der Waals surface area contributed by atoms with Gasteiger partial charge < -0.3 is 14.4 Å². The van der Waals surface area contributed by atoms with Gasteiger partial charge in [-0.1, -0.05) is 22.6 Å². The Kier molecular flexibility index (Phi) is 3.47. The zero-order valence-electron chi connectivity index (χ0n) is 11.2. The quantitative estimate of drug-likeness (QED) is 0.395. The first-order valence-electron chi connectivity index (χ1n) is 6.05. The fourth-order valence-electron chi connectivity index (χ4n) is 2.39. The van der Waals surface area contributed by atoms with Gasteiger partial charge in [0.05, 0.1) is 16.3 Å². The molecule has 1 unspecified atom stereocenters. The van der Waals surface area contributed by atoms with Crippen LogP contribution in [0.15, 0.2) is 0 Å². The number of carbonyl (C=O) groups excluding carboxylic acids is 2. The van der Waals surface area contributed by atoms with Crippen molar-refractivity contribution in [2.75, 3.05) is 17.5 Å². The third-order valence-electron chi connectivity index (χ3n) is 3.36. The average Bonchev–Trinajstić information content (AvgIpc) is 2.45. The Morgan fingerprint density at radius 3 is 2.58 bits per heavy atom. The van der Waals surface area contributed by atoms with Crippen LogP contribution >= 0.6 is 22.6 Å². The van der Waals surface area contributed by atoms with Gasteiger partial charge in [0.15, 0.2) is 0 Å². The average molecular weight is 385 g/mol. The van der Waals surface area contributed by atoms with Crippen LogP contribution in [0.5, 0.6) is 0 Å². The molecule has 0 N–H and O–H groups in total. The fraction of sp³-hybridized carbons (Fsp3) is 0.833. The van der Waals surface area contributed by atoms with Gasteiger partial charge in [0.2, 0.25) is 0 Å². The van der Waals surface area contributed by atoms with Crippen molar-refractivity contribution in [3.63, 3.8) is 0 Å². The van der Waals surface area contributed by atoms with Crippen molar-refractivity contribution in [3.8, 4) is 0 Å². The van der Waals surface area contributed by atoms with E-state index in [2.05, 4.69) is 0 Å². The van der Waals surface area contributed by atoms with Gasteiger partial charge in [-0.05, 0) is 20.8 Å². The van der Waals surface area contributed by atoms with E-state index in [4.69, 9.17) is 9.47 Å². The summed E-state index contributed by atoms with van der Waals surface area (Å²) in [6.45, 7) is 5.63. The summed E-state index contributed by atoms with van der Waals surface area (Å²) in [5.41, 5.74) is -1.49. The number of amides is 1. The molecule has 0 aromatic carbocycles. The SMILES string of the molecule is CC(C)(C)OC(=O)N1CC2(CC(=O)OC2(F)CI)C1. The third-order valence-corrected chi connectivity index (χ3v) is 4.34. The van der Waals surface area contributed by atoms with Crippen LogP contribution < -0.4 is 0 Å². The number of rotatable bonds is 1. The lowest BCUT2D eigenvalue weighted by atomic mass is 9.73. The van der Waals surface area contributed by atoms with E-state index < -0.39 is 28.9 Å². The third kappa shape index (κ3) is 2.53. The second kappa shape index (κ2) is 4.46. The van der Waals surface area contributed by atoms with Gasteiger partial charge in [0.1, 0.15) is 5.60 Å². The Morgan fingerprint density at radius 1 is 1.53 bits per heavy atom. The van der Waals surface area contributed by atoms with E-state index in [-0.39, 0.29) is 23.9 Å². The van der Waals surface area contributed by atoms with Gasteiger partial charge in [-0.2, -0.15) is 4.39 Å². The molecule has 19 heavy (non-hydrogen) atoms. The van der Waals surface area contributed by atoms with Crippen LogP contribution in [0.1, 0.15) is 27.2 Å². The minimum Gasteiger partial charge on any atom is -0.444 e. The van der Waals surface area contributed by atoms with Crippen molar-refractivity contribution < 1.29 is 23.5 Å². The lowest BCUT2D eigenvalue weighted by Gasteiger charge is -2.50. The number of nitrogens with zero attached hydrogens (tertiary/aromatic N) is 1. The largest absolute Gasteiger partial charge is 0.444 e. The number of halogens is 2. The summed E-state index contributed by atoms with van der Waals surface area (Å²) in [5.74, 6) is -2.51. The Morgan fingerprint density at radius 2 is 2.11 bits per heavy atom. The summed E-state index contributed by atoms with van der Waals surface area (Å²) in [6, 6.07) is 0. The highest BCUT2D eigenvalue weighted by Gasteiger charge is 2.67. The molecule has 1 atom stereocenters. The smallest absolute Gasteiger partial charge is 0.410 e. The van der Waals surface area contributed by atoms with Crippen molar-refractivity contribution in [2.45, 2.75) is 38.6 Å². The highest BCUT2D eigenvalue weighted by Crippen LogP contribution is 2.52. The van der Waals surface area contributed by atoms with E-state index in [1.54, 1.807) is 20.8 Å². The second-order valence-corrected chi connectivity index (χ2v) is 6.89. The van der Waals surface area contributed by atoms with Crippen LogP contribution in [-0.2, 0) is 14.3 Å². The molecular formula is C12H17FINO4. The van der Waals surface area contributed by atoms with Crippen LogP contribution in [0.2, 0.25) is 0 Å². The number of likely N-dealkylation sites (tertiary alicyclic amines) is 1.